The summed E-state index contributed by atoms with van der Waals surface area (Å²) in [6.45, 7) is 2.58. The van der Waals surface area contributed by atoms with Gasteiger partial charge in [-0.25, -0.2) is 0 Å². The Morgan fingerprint density at radius 2 is 2.00 bits per heavy atom. The second-order valence-corrected chi connectivity index (χ2v) is 6.08. The molecule has 0 atom stereocenters. The summed E-state index contributed by atoms with van der Waals surface area (Å²) in [5, 5.41) is 10.6. The highest BCUT2D eigenvalue weighted by Gasteiger charge is 2.09. The third kappa shape index (κ3) is 4.11. The molecule has 5 heteroatoms. The van der Waals surface area contributed by atoms with E-state index in [1.54, 1.807) is 7.11 Å². The summed E-state index contributed by atoms with van der Waals surface area (Å²) in [5.74, 6) is 1.00. The van der Waals surface area contributed by atoms with Gasteiger partial charge in [-0.3, -0.25) is 9.89 Å². The lowest BCUT2D eigenvalue weighted by atomic mass is 10.1. The van der Waals surface area contributed by atoms with Crippen molar-refractivity contribution in [1.29, 1.82) is 0 Å². The largest absolute Gasteiger partial charge is 0.497 e. The van der Waals surface area contributed by atoms with E-state index in [9.17, 15) is 4.79 Å². The van der Waals surface area contributed by atoms with Crippen molar-refractivity contribution in [3.05, 3.63) is 66.0 Å². The first kappa shape index (κ1) is 17.7. The highest BCUT2D eigenvalue weighted by molar-refractivity contribution is 5.96. The van der Waals surface area contributed by atoms with E-state index in [2.05, 4.69) is 15.5 Å². The number of carbonyl (C=O) groups is 1. The predicted octanol–water partition coefficient (Wildman–Crippen LogP) is 4.68. The number of methoxy groups -OCH3 is 1. The SMILES string of the molecule is CCCC(=O)c1cccc(NCc2n[nH]cc2-c2ccc(OC)cc2)c1. The van der Waals surface area contributed by atoms with E-state index >= 15 is 0 Å². The number of ether oxygens (including phenoxy) is 1. The maximum Gasteiger partial charge on any atom is 0.162 e. The number of aromatic amines is 1. The fourth-order valence-corrected chi connectivity index (χ4v) is 2.83. The van der Waals surface area contributed by atoms with E-state index < -0.39 is 0 Å². The molecule has 0 fully saturated rings. The number of carbonyl (C=O) groups excluding carboxylic acids is 1. The molecule has 2 N–H and O–H groups in total. The number of aromatic nitrogens is 2. The van der Waals surface area contributed by atoms with Gasteiger partial charge in [0, 0.05) is 29.4 Å². The Hall–Kier alpha value is -3.08. The van der Waals surface area contributed by atoms with Gasteiger partial charge in [-0.15, -0.1) is 0 Å². The van der Waals surface area contributed by atoms with Crippen molar-refractivity contribution in [2.75, 3.05) is 12.4 Å². The van der Waals surface area contributed by atoms with Crippen LogP contribution in [-0.4, -0.2) is 23.1 Å². The van der Waals surface area contributed by atoms with Crippen molar-refractivity contribution < 1.29 is 9.53 Å². The fraction of sp³-hybridized carbons (Fsp3) is 0.238. The summed E-state index contributed by atoms with van der Waals surface area (Å²) in [6, 6.07) is 15.5. The van der Waals surface area contributed by atoms with Crippen molar-refractivity contribution in [2.45, 2.75) is 26.3 Å². The zero-order valence-corrected chi connectivity index (χ0v) is 15.1. The summed E-state index contributed by atoms with van der Waals surface area (Å²) in [4.78, 5) is 12.1. The number of benzene rings is 2. The van der Waals surface area contributed by atoms with Crippen LogP contribution < -0.4 is 10.1 Å². The third-order valence-electron chi connectivity index (χ3n) is 4.24. The minimum absolute atomic E-state index is 0.176. The van der Waals surface area contributed by atoms with Crippen LogP contribution in [-0.2, 0) is 6.54 Å². The molecule has 0 aliphatic rings. The van der Waals surface area contributed by atoms with E-state index in [1.165, 1.54) is 0 Å². The lowest BCUT2D eigenvalue weighted by Gasteiger charge is -2.09. The molecule has 0 radical (unpaired) electrons. The number of ketones is 1. The number of nitrogens with zero attached hydrogens (tertiary/aromatic N) is 1. The average molecular weight is 349 g/mol. The lowest BCUT2D eigenvalue weighted by Crippen LogP contribution is -2.03. The number of rotatable bonds is 8. The van der Waals surface area contributed by atoms with Gasteiger partial charge >= 0.3 is 0 Å². The van der Waals surface area contributed by atoms with Crippen molar-refractivity contribution in [3.63, 3.8) is 0 Å². The third-order valence-corrected chi connectivity index (χ3v) is 4.24. The first-order valence-electron chi connectivity index (χ1n) is 8.75. The molecule has 5 nitrogen and oxygen atoms in total. The zero-order chi connectivity index (χ0) is 18.4. The highest BCUT2D eigenvalue weighted by atomic mass is 16.5. The number of hydrogen-bond donors (Lipinski definition) is 2. The van der Waals surface area contributed by atoms with E-state index in [0.29, 0.717) is 13.0 Å². The van der Waals surface area contributed by atoms with Crippen LogP contribution >= 0.6 is 0 Å². The van der Waals surface area contributed by atoms with Gasteiger partial charge in [0.2, 0.25) is 0 Å². The monoisotopic (exact) mass is 349 g/mol. The van der Waals surface area contributed by atoms with Crippen LogP contribution in [0.15, 0.2) is 54.7 Å². The van der Waals surface area contributed by atoms with Crippen LogP contribution in [0.3, 0.4) is 0 Å². The van der Waals surface area contributed by atoms with Gasteiger partial charge in [0.15, 0.2) is 5.78 Å². The van der Waals surface area contributed by atoms with E-state index in [-0.39, 0.29) is 5.78 Å². The van der Waals surface area contributed by atoms with Crippen LogP contribution in [0.1, 0.15) is 35.8 Å². The van der Waals surface area contributed by atoms with Gasteiger partial charge in [0.05, 0.1) is 19.3 Å². The molecular formula is C21H23N3O2. The molecule has 0 spiro atoms. The normalized spacial score (nSPS) is 10.5. The molecule has 1 aromatic heterocycles. The topological polar surface area (TPSA) is 67.0 Å². The Kier molecular flexibility index (Phi) is 5.69. The number of anilines is 1. The molecular weight excluding hydrogens is 326 g/mol. The smallest absolute Gasteiger partial charge is 0.162 e. The molecule has 0 aliphatic heterocycles. The van der Waals surface area contributed by atoms with Crippen molar-refractivity contribution in [1.82, 2.24) is 10.2 Å². The highest BCUT2D eigenvalue weighted by Crippen LogP contribution is 2.25. The van der Waals surface area contributed by atoms with Crippen molar-refractivity contribution in [3.8, 4) is 16.9 Å². The summed E-state index contributed by atoms with van der Waals surface area (Å²) in [6.07, 6.45) is 3.32. The number of Topliss-reactive ketones (excluding diaryl/α,β-unsaturated/α-hetero) is 1. The lowest BCUT2D eigenvalue weighted by molar-refractivity contribution is 0.0982. The van der Waals surface area contributed by atoms with Gasteiger partial charge in [0.1, 0.15) is 5.75 Å². The Bertz CT molecular complexity index is 869. The molecule has 0 amide bonds. The molecule has 0 aliphatic carbocycles. The van der Waals surface area contributed by atoms with Crippen molar-refractivity contribution >= 4 is 11.5 Å². The molecule has 0 saturated carbocycles. The van der Waals surface area contributed by atoms with E-state index in [4.69, 9.17) is 4.74 Å². The molecule has 0 saturated heterocycles. The van der Waals surface area contributed by atoms with Crippen LogP contribution in [0, 0.1) is 0 Å². The molecule has 3 aromatic rings. The second-order valence-electron chi connectivity index (χ2n) is 6.08. The first-order chi connectivity index (χ1) is 12.7. The first-order valence-corrected chi connectivity index (χ1v) is 8.75. The molecule has 26 heavy (non-hydrogen) atoms. The standard InChI is InChI=1S/C21H23N3O2/c1-3-5-21(25)16-6-4-7-17(12-16)22-14-20-19(13-23-24-20)15-8-10-18(26-2)11-9-15/h4,6-13,22H,3,5,14H2,1-2H3,(H,23,24). The van der Waals surface area contributed by atoms with Crippen molar-refractivity contribution in [2.24, 2.45) is 0 Å². The Morgan fingerprint density at radius 1 is 1.19 bits per heavy atom. The molecule has 1 heterocycles. The van der Waals surface area contributed by atoms with Crippen LogP contribution in [0.5, 0.6) is 5.75 Å². The van der Waals surface area contributed by atoms with E-state index in [1.807, 2.05) is 61.7 Å². The summed E-state index contributed by atoms with van der Waals surface area (Å²) in [7, 11) is 1.65. The minimum Gasteiger partial charge on any atom is -0.497 e. The maximum absolute atomic E-state index is 12.1. The Morgan fingerprint density at radius 3 is 2.73 bits per heavy atom. The fourth-order valence-electron chi connectivity index (χ4n) is 2.83. The van der Waals surface area contributed by atoms with Gasteiger partial charge < -0.3 is 10.1 Å². The molecule has 3 rings (SSSR count). The number of H-pyrrole nitrogens is 1. The van der Waals surface area contributed by atoms with Crippen LogP contribution in [0.2, 0.25) is 0 Å². The molecule has 134 valence electrons. The average Bonchev–Trinajstić information content (AvgIpc) is 3.15. The van der Waals surface area contributed by atoms with E-state index in [0.717, 1.165) is 40.2 Å². The van der Waals surface area contributed by atoms with Crippen LogP contribution in [0.25, 0.3) is 11.1 Å². The van der Waals surface area contributed by atoms with Gasteiger partial charge in [-0.1, -0.05) is 31.2 Å². The van der Waals surface area contributed by atoms with Gasteiger partial charge in [0.25, 0.3) is 0 Å². The zero-order valence-electron chi connectivity index (χ0n) is 15.1. The molecule has 0 bridgehead atoms. The minimum atomic E-state index is 0.176. The predicted molar refractivity (Wildman–Crippen MR) is 104 cm³/mol. The molecule has 0 unspecified atom stereocenters. The Balaban J connectivity index is 1.72. The second kappa shape index (κ2) is 8.34. The summed E-state index contributed by atoms with van der Waals surface area (Å²) < 4.78 is 5.21. The summed E-state index contributed by atoms with van der Waals surface area (Å²) >= 11 is 0. The van der Waals surface area contributed by atoms with Crippen LogP contribution in [0.4, 0.5) is 5.69 Å². The van der Waals surface area contributed by atoms with Gasteiger partial charge in [-0.05, 0) is 36.2 Å². The molecule has 2 aromatic carbocycles. The maximum atomic E-state index is 12.1. The number of hydrogen-bond acceptors (Lipinski definition) is 4. The number of nitrogens with one attached hydrogen (secondary N) is 2. The Labute approximate surface area is 153 Å². The van der Waals surface area contributed by atoms with Gasteiger partial charge in [-0.2, -0.15) is 5.10 Å². The quantitative estimate of drug-likeness (QED) is 0.580. The summed E-state index contributed by atoms with van der Waals surface area (Å²) in [5.41, 5.74) is 4.69.